The second-order valence-electron chi connectivity index (χ2n) is 4.44. The zero-order valence-corrected chi connectivity index (χ0v) is 13.7. The van der Waals surface area contributed by atoms with Gasteiger partial charge in [0.15, 0.2) is 11.5 Å². The summed E-state index contributed by atoms with van der Waals surface area (Å²) in [6.45, 7) is 0. The Morgan fingerprint density at radius 1 is 1.14 bits per heavy atom. The van der Waals surface area contributed by atoms with Crippen LogP contribution < -0.4 is 9.47 Å². The van der Waals surface area contributed by atoms with E-state index < -0.39 is 0 Å². The number of rotatable bonds is 4. The lowest BCUT2D eigenvalue weighted by molar-refractivity contribution is 0.355. The summed E-state index contributed by atoms with van der Waals surface area (Å²) in [5.41, 5.74) is 1.65. The summed E-state index contributed by atoms with van der Waals surface area (Å²) < 4.78 is 11.3. The molecule has 0 aliphatic carbocycles. The van der Waals surface area contributed by atoms with Crippen LogP contribution in [-0.2, 0) is 0 Å². The van der Waals surface area contributed by atoms with Gasteiger partial charge in [-0.15, -0.1) is 0 Å². The molecule has 0 atom stereocenters. The molecule has 0 saturated carbocycles. The monoisotopic (exact) mass is 359 g/mol. The van der Waals surface area contributed by atoms with Crippen LogP contribution in [0.3, 0.4) is 0 Å². The maximum Gasteiger partial charge on any atom is 0.161 e. The van der Waals surface area contributed by atoms with Gasteiger partial charge in [0.1, 0.15) is 5.75 Å². The van der Waals surface area contributed by atoms with Crippen molar-refractivity contribution in [2.24, 2.45) is 0 Å². The minimum Gasteiger partial charge on any atom is -0.507 e. The van der Waals surface area contributed by atoms with Gasteiger partial charge in [-0.3, -0.25) is 0 Å². The second-order valence-corrected chi connectivity index (χ2v) is 5.36. The number of benzene rings is 2. The number of phenolic OH excluding ortho intramolecular Hbond substituents is 1. The molecule has 0 aromatic heterocycles. The molecule has 5 heteroatoms. The highest BCUT2D eigenvalue weighted by atomic mass is 79.9. The van der Waals surface area contributed by atoms with E-state index in [9.17, 15) is 10.4 Å². The number of allylic oxidation sites excluding steroid dienone is 1. The highest BCUT2D eigenvalue weighted by Crippen LogP contribution is 2.32. The Morgan fingerprint density at radius 3 is 2.50 bits per heavy atom. The molecule has 0 aliphatic heterocycles. The molecule has 0 saturated heterocycles. The van der Waals surface area contributed by atoms with Gasteiger partial charge in [0.2, 0.25) is 0 Å². The van der Waals surface area contributed by atoms with E-state index in [4.69, 9.17) is 9.47 Å². The Labute approximate surface area is 137 Å². The van der Waals surface area contributed by atoms with Gasteiger partial charge >= 0.3 is 0 Å². The number of halogens is 1. The molecule has 2 aromatic rings. The molecule has 0 amide bonds. The predicted octanol–water partition coefficient (Wildman–Crippen LogP) is 4.24. The van der Waals surface area contributed by atoms with Crippen molar-refractivity contribution in [3.8, 4) is 23.3 Å². The van der Waals surface area contributed by atoms with Crippen LogP contribution in [0.1, 0.15) is 11.1 Å². The Balaban J connectivity index is 2.50. The molecule has 0 heterocycles. The van der Waals surface area contributed by atoms with Gasteiger partial charge < -0.3 is 14.6 Å². The van der Waals surface area contributed by atoms with Crippen molar-refractivity contribution in [2.45, 2.75) is 0 Å². The number of hydrogen-bond donors (Lipinski definition) is 1. The number of nitrogens with zero attached hydrogens (tertiary/aromatic N) is 1. The average Bonchev–Trinajstić information content (AvgIpc) is 2.55. The third-order valence-corrected chi connectivity index (χ3v) is 3.60. The van der Waals surface area contributed by atoms with Crippen molar-refractivity contribution in [1.82, 2.24) is 0 Å². The van der Waals surface area contributed by atoms with Crippen LogP contribution in [0.4, 0.5) is 0 Å². The molecule has 112 valence electrons. The van der Waals surface area contributed by atoms with Crippen LogP contribution in [-0.4, -0.2) is 19.3 Å². The fourth-order valence-corrected chi connectivity index (χ4v) is 2.36. The van der Waals surface area contributed by atoms with E-state index in [0.717, 1.165) is 4.47 Å². The maximum atomic E-state index is 9.89. The first-order valence-electron chi connectivity index (χ1n) is 6.41. The van der Waals surface area contributed by atoms with Crippen molar-refractivity contribution in [3.63, 3.8) is 0 Å². The SMILES string of the molecule is COc1ccc(C(C#N)=Cc2cc(Br)ccc2O)cc1OC. The molecule has 2 aromatic carbocycles. The van der Waals surface area contributed by atoms with Crippen LogP contribution in [0.25, 0.3) is 11.6 Å². The number of phenols is 1. The van der Waals surface area contributed by atoms with Gasteiger partial charge in [-0.1, -0.05) is 15.9 Å². The van der Waals surface area contributed by atoms with Crippen LogP contribution in [0.5, 0.6) is 17.2 Å². The van der Waals surface area contributed by atoms with E-state index in [1.807, 2.05) is 0 Å². The number of hydrogen-bond acceptors (Lipinski definition) is 4. The van der Waals surface area contributed by atoms with Gasteiger partial charge in [-0.05, 0) is 48.0 Å². The number of ether oxygens (including phenoxy) is 2. The summed E-state index contributed by atoms with van der Waals surface area (Å²) in [5.74, 6) is 1.24. The Morgan fingerprint density at radius 2 is 1.86 bits per heavy atom. The minimum absolute atomic E-state index is 0.108. The van der Waals surface area contributed by atoms with Gasteiger partial charge in [0.25, 0.3) is 0 Å². The molecule has 4 nitrogen and oxygen atoms in total. The lowest BCUT2D eigenvalue weighted by Gasteiger charge is -2.09. The highest BCUT2D eigenvalue weighted by Gasteiger charge is 2.09. The zero-order valence-electron chi connectivity index (χ0n) is 12.1. The van der Waals surface area contributed by atoms with E-state index in [1.165, 1.54) is 7.11 Å². The molecule has 0 radical (unpaired) electrons. The van der Waals surface area contributed by atoms with E-state index >= 15 is 0 Å². The first-order valence-corrected chi connectivity index (χ1v) is 7.21. The lowest BCUT2D eigenvalue weighted by atomic mass is 10.0. The molecule has 0 unspecified atom stereocenters. The fourth-order valence-electron chi connectivity index (χ4n) is 1.98. The number of nitriles is 1. The van der Waals surface area contributed by atoms with Gasteiger partial charge in [-0.25, -0.2) is 0 Å². The number of aromatic hydroxyl groups is 1. The molecule has 1 N–H and O–H groups in total. The normalized spacial score (nSPS) is 10.9. The third-order valence-electron chi connectivity index (χ3n) is 3.10. The van der Waals surface area contributed by atoms with Crippen LogP contribution >= 0.6 is 15.9 Å². The van der Waals surface area contributed by atoms with Crippen LogP contribution in [0.15, 0.2) is 40.9 Å². The van der Waals surface area contributed by atoms with Crippen molar-refractivity contribution in [1.29, 1.82) is 5.26 Å². The molecule has 0 aliphatic rings. The van der Waals surface area contributed by atoms with Crippen molar-refractivity contribution in [3.05, 3.63) is 52.0 Å². The first-order chi connectivity index (χ1) is 10.6. The number of methoxy groups -OCH3 is 2. The zero-order chi connectivity index (χ0) is 16.1. The molecular formula is C17H14BrNO3. The van der Waals surface area contributed by atoms with Crippen molar-refractivity contribution < 1.29 is 14.6 Å². The summed E-state index contributed by atoms with van der Waals surface area (Å²) in [6, 6.07) is 12.4. The smallest absolute Gasteiger partial charge is 0.161 e. The summed E-state index contributed by atoms with van der Waals surface area (Å²) in [6.07, 6.45) is 1.63. The highest BCUT2D eigenvalue weighted by molar-refractivity contribution is 9.10. The van der Waals surface area contributed by atoms with Crippen molar-refractivity contribution in [2.75, 3.05) is 14.2 Å². The fraction of sp³-hybridized carbons (Fsp3) is 0.118. The average molecular weight is 360 g/mol. The molecule has 2 rings (SSSR count). The molecule has 0 fully saturated rings. The summed E-state index contributed by atoms with van der Waals surface area (Å²) in [5, 5.41) is 19.3. The Kier molecular flexibility index (Phi) is 5.08. The van der Waals surface area contributed by atoms with Crippen molar-refractivity contribution >= 4 is 27.6 Å². The molecular weight excluding hydrogens is 346 g/mol. The van der Waals surface area contributed by atoms with E-state index in [1.54, 1.807) is 49.6 Å². The van der Waals surface area contributed by atoms with E-state index in [0.29, 0.717) is 28.2 Å². The van der Waals surface area contributed by atoms with Gasteiger partial charge in [0.05, 0.1) is 25.9 Å². The largest absolute Gasteiger partial charge is 0.507 e. The topological polar surface area (TPSA) is 62.5 Å². The minimum atomic E-state index is 0.108. The lowest BCUT2D eigenvalue weighted by Crippen LogP contribution is -1.92. The van der Waals surface area contributed by atoms with E-state index in [-0.39, 0.29) is 5.75 Å². The summed E-state index contributed by atoms with van der Waals surface area (Å²) in [4.78, 5) is 0. The molecule has 0 bridgehead atoms. The Bertz CT molecular complexity index is 763. The third kappa shape index (κ3) is 3.41. The standard InChI is InChI=1S/C17H14BrNO3/c1-21-16-6-3-11(9-17(16)22-2)13(10-19)7-12-8-14(18)4-5-15(12)20/h3-9,20H,1-2H3. The molecule has 22 heavy (non-hydrogen) atoms. The Hall–Kier alpha value is -2.45. The second kappa shape index (κ2) is 7.01. The van der Waals surface area contributed by atoms with Crippen LogP contribution in [0, 0.1) is 11.3 Å². The first kappa shape index (κ1) is 15.9. The van der Waals surface area contributed by atoms with Gasteiger partial charge in [-0.2, -0.15) is 5.26 Å². The maximum absolute atomic E-state index is 9.89. The van der Waals surface area contributed by atoms with Crippen LogP contribution in [0.2, 0.25) is 0 Å². The summed E-state index contributed by atoms with van der Waals surface area (Å²) >= 11 is 3.35. The quantitative estimate of drug-likeness (QED) is 0.655. The summed E-state index contributed by atoms with van der Waals surface area (Å²) in [7, 11) is 3.09. The predicted molar refractivity (Wildman–Crippen MR) is 88.8 cm³/mol. The van der Waals surface area contributed by atoms with Gasteiger partial charge in [0, 0.05) is 10.0 Å². The molecule has 0 spiro atoms. The van der Waals surface area contributed by atoms with E-state index in [2.05, 4.69) is 22.0 Å².